The van der Waals surface area contributed by atoms with E-state index in [1.807, 2.05) is 0 Å². The number of carboxylic acids is 1. The first-order valence-corrected chi connectivity index (χ1v) is 6.73. The predicted octanol–water partition coefficient (Wildman–Crippen LogP) is -0.614. The number of carbonyl (C=O) groups is 1. The molecule has 0 aromatic carbocycles. The van der Waals surface area contributed by atoms with E-state index in [1.54, 1.807) is 0 Å². The molecule has 0 saturated heterocycles. The fraction of sp³-hybridized carbons (Fsp3) is 0.889. The van der Waals surface area contributed by atoms with Crippen LogP contribution >= 0.6 is 0 Å². The lowest BCUT2D eigenvalue weighted by molar-refractivity contribution is -0.137. The number of nitrogens with zero attached hydrogens (tertiary/aromatic N) is 1. The second kappa shape index (κ2) is 8.40. The summed E-state index contributed by atoms with van der Waals surface area (Å²) in [7, 11) is -0.557. The van der Waals surface area contributed by atoms with Gasteiger partial charge in [-0.2, -0.15) is 0 Å². The van der Waals surface area contributed by atoms with E-state index in [4.69, 9.17) is 14.6 Å². The van der Waals surface area contributed by atoms with Crippen molar-refractivity contribution in [1.82, 2.24) is 4.31 Å². The van der Waals surface area contributed by atoms with Gasteiger partial charge in [0.25, 0.3) is 0 Å². The maximum Gasteiger partial charge on any atom is 0.304 e. The Bertz CT molecular complexity index is 315. The number of hydrogen-bond donors (Lipinski definition) is 1. The van der Waals surface area contributed by atoms with Crippen LogP contribution in [0.5, 0.6) is 0 Å². The van der Waals surface area contributed by atoms with Crippen molar-refractivity contribution in [2.45, 2.75) is 6.42 Å². The molecule has 0 aromatic heterocycles. The summed E-state index contributed by atoms with van der Waals surface area (Å²) in [5.74, 6) is -1.18. The lowest BCUT2D eigenvalue weighted by Gasteiger charge is -2.15. The molecule has 0 aliphatic heterocycles. The highest BCUT2D eigenvalue weighted by Crippen LogP contribution is 1.99. The lowest BCUT2D eigenvalue weighted by atomic mass is 10.4. The zero-order chi connectivity index (χ0) is 13.3. The number of ether oxygens (including phenoxy) is 2. The molecule has 0 bridgehead atoms. The summed E-state index contributed by atoms with van der Waals surface area (Å²) >= 11 is 0. The van der Waals surface area contributed by atoms with E-state index in [1.165, 1.54) is 14.2 Å². The van der Waals surface area contributed by atoms with Gasteiger partial charge in [-0.1, -0.05) is 0 Å². The Hall–Kier alpha value is -0.700. The van der Waals surface area contributed by atoms with Gasteiger partial charge in [0.15, 0.2) is 0 Å². The molecule has 17 heavy (non-hydrogen) atoms. The molecule has 0 saturated carbocycles. The number of aliphatic carboxylic acids is 1. The first-order chi connectivity index (χ1) is 7.90. The van der Waals surface area contributed by atoms with Crippen LogP contribution in [-0.2, 0) is 24.3 Å². The molecule has 8 heteroatoms. The van der Waals surface area contributed by atoms with Gasteiger partial charge in [-0.05, 0) is 0 Å². The summed E-state index contributed by atoms with van der Waals surface area (Å²) < 4.78 is 34.0. The summed E-state index contributed by atoms with van der Waals surface area (Å²) in [5.41, 5.74) is 0. The van der Waals surface area contributed by atoms with Gasteiger partial charge < -0.3 is 14.6 Å². The van der Waals surface area contributed by atoms with Gasteiger partial charge in [-0.15, -0.1) is 0 Å². The van der Waals surface area contributed by atoms with Crippen LogP contribution in [0.25, 0.3) is 0 Å². The van der Waals surface area contributed by atoms with Gasteiger partial charge in [-0.25, -0.2) is 12.7 Å². The zero-order valence-electron chi connectivity index (χ0n) is 10.1. The molecule has 0 unspecified atom stereocenters. The second-order valence-electron chi connectivity index (χ2n) is 3.39. The molecule has 0 heterocycles. The molecule has 7 nitrogen and oxygen atoms in total. The lowest BCUT2D eigenvalue weighted by Crippen LogP contribution is -2.32. The Morgan fingerprint density at radius 3 is 2.47 bits per heavy atom. The highest BCUT2D eigenvalue weighted by molar-refractivity contribution is 7.89. The van der Waals surface area contributed by atoms with Crippen molar-refractivity contribution in [2.24, 2.45) is 0 Å². The molecule has 0 amide bonds. The fourth-order valence-electron chi connectivity index (χ4n) is 0.957. The zero-order valence-corrected chi connectivity index (χ0v) is 10.9. The monoisotopic (exact) mass is 269 g/mol. The van der Waals surface area contributed by atoms with Crippen LogP contribution in [-0.4, -0.2) is 70.1 Å². The number of methoxy groups -OCH3 is 1. The highest BCUT2D eigenvalue weighted by atomic mass is 32.2. The van der Waals surface area contributed by atoms with Crippen LogP contribution in [0.2, 0.25) is 0 Å². The SMILES string of the molecule is COCCOCCS(=O)(=O)N(C)CCC(=O)O. The van der Waals surface area contributed by atoms with Crippen LogP contribution in [0, 0.1) is 0 Å². The third-order valence-corrected chi connectivity index (χ3v) is 3.85. The van der Waals surface area contributed by atoms with Crippen molar-refractivity contribution in [3.8, 4) is 0 Å². The molecule has 0 spiro atoms. The number of hydrogen-bond acceptors (Lipinski definition) is 5. The quantitative estimate of drug-likeness (QED) is 0.532. The van der Waals surface area contributed by atoms with E-state index in [-0.39, 0.29) is 25.3 Å². The Morgan fingerprint density at radius 1 is 1.29 bits per heavy atom. The summed E-state index contributed by atoms with van der Waals surface area (Å²) in [6, 6.07) is 0. The molecule has 0 aliphatic rings. The Morgan fingerprint density at radius 2 is 1.94 bits per heavy atom. The van der Waals surface area contributed by atoms with Gasteiger partial charge in [0.1, 0.15) is 0 Å². The molecule has 0 radical (unpaired) electrons. The van der Waals surface area contributed by atoms with E-state index in [9.17, 15) is 13.2 Å². The van der Waals surface area contributed by atoms with Crippen LogP contribution in [0.1, 0.15) is 6.42 Å². The van der Waals surface area contributed by atoms with Crippen molar-refractivity contribution in [2.75, 3.05) is 46.3 Å². The third-order valence-electron chi connectivity index (χ3n) is 2.03. The van der Waals surface area contributed by atoms with Crippen molar-refractivity contribution in [3.63, 3.8) is 0 Å². The van der Waals surface area contributed by atoms with Crippen molar-refractivity contribution in [1.29, 1.82) is 0 Å². The molecule has 102 valence electrons. The van der Waals surface area contributed by atoms with E-state index >= 15 is 0 Å². The minimum Gasteiger partial charge on any atom is -0.481 e. The maximum atomic E-state index is 11.6. The minimum atomic E-state index is -3.44. The van der Waals surface area contributed by atoms with Gasteiger partial charge in [0, 0.05) is 20.7 Å². The largest absolute Gasteiger partial charge is 0.481 e. The molecule has 0 atom stereocenters. The minimum absolute atomic E-state index is 0.0320. The van der Waals surface area contributed by atoms with Crippen LogP contribution in [0.4, 0.5) is 0 Å². The normalized spacial score (nSPS) is 11.9. The molecular weight excluding hydrogens is 250 g/mol. The summed E-state index contributed by atoms with van der Waals surface area (Å²) in [6.07, 6.45) is -0.208. The standard InChI is InChI=1S/C9H19NO6S/c1-10(4-3-9(11)12)17(13,14)8-7-16-6-5-15-2/h3-8H2,1-2H3,(H,11,12). The first-order valence-electron chi connectivity index (χ1n) is 5.12. The first kappa shape index (κ1) is 16.3. The van der Waals surface area contributed by atoms with Gasteiger partial charge in [0.2, 0.25) is 10.0 Å². The molecule has 1 N–H and O–H groups in total. The van der Waals surface area contributed by atoms with E-state index < -0.39 is 16.0 Å². The number of rotatable bonds is 10. The Labute approximate surface area is 101 Å². The molecule has 0 rings (SSSR count). The van der Waals surface area contributed by atoms with Crippen molar-refractivity contribution < 1.29 is 27.8 Å². The Kier molecular flexibility index (Phi) is 8.05. The van der Waals surface area contributed by atoms with Crippen molar-refractivity contribution in [3.05, 3.63) is 0 Å². The summed E-state index contributed by atoms with van der Waals surface area (Å²) in [4.78, 5) is 10.3. The van der Waals surface area contributed by atoms with Gasteiger partial charge in [0.05, 0.1) is 32.0 Å². The average Bonchev–Trinajstić information content (AvgIpc) is 2.25. The maximum absolute atomic E-state index is 11.6. The smallest absolute Gasteiger partial charge is 0.304 e. The summed E-state index contributed by atoms with van der Waals surface area (Å²) in [5, 5.41) is 8.44. The molecule has 0 aromatic rings. The second-order valence-corrected chi connectivity index (χ2v) is 5.58. The number of sulfonamides is 1. The molecule has 0 aliphatic carbocycles. The van der Waals surface area contributed by atoms with Gasteiger partial charge in [-0.3, -0.25) is 4.79 Å². The van der Waals surface area contributed by atoms with E-state index in [2.05, 4.69) is 0 Å². The molecular formula is C9H19NO6S. The van der Waals surface area contributed by atoms with Crippen LogP contribution < -0.4 is 0 Å². The average molecular weight is 269 g/mol. The van der Waals surface area contributed by atoms with Crippen LogP contribution in [0.3, 0.4) is 0 Å². The molecule has 0 fully saturated rings. The van der Waals surface area contributed by atoms with Crippen LogP contribution in [0.15, 0.2) is 0 Å². The van der Waals surface area contributed by atoms with E-state index in [0.29, 0.717) is 13.2 Å². The van der Waals surface area contributed by atoms with Crippen molar-refractivity contribution >= 4 is 16.0 Å². The fourth-order valence-corrected chi connectivity index (χ4v) is 1.97. The highest BCUT2D eigenvalue weighted by Gasteiger charge is 2.18. The van der Waals surface area contributed by atoms with Gasteiger partial charge >= 0.3 is 5.97 Å². The van der Waals surface area contributed by atoms with E-state index in [0.717, 1.165) is 4.31 Å². The Balaban J connectivity index is 3.89. The summed E-state index contributed by atoms with van der Waals surface area (Å²) in [6.45, 7) is 0.790. The third kappa shape index (κ3) is 8.08. The number of carboxylic acid groups (broad SMARTS) is 1. The predicted molar refractivity (Wildman–Crippen MR) is 61.4 cm³/mol. The topological polar surface area (TPSA) is 93.1 Å².